The summed E-state index contributed by atoms with van der Waals surface area (Å²) in [5.41, 5.74) is 5.27. The van der Waals surface area contributed by atoms with E-state index in [1.165, 1.54) is 0 Å². The van der Waals surface area contributed by atoms with Crippen molar-refractivity contribution in [3.8, 4) is 0 Å². The molecule has 5 heteroatoms. The van der Waals surface area contributed by atoms with Crippen LogP contribution in [0.5, 0.6) is 0 Å². The van der Waals surface area contributed by atoms with Crippen molar-refractivity contribution in [3.05, 3.63) is 12.0 Å². The number of nitrogens with two attached hydrogens (primary N) is 1. The van der Waals surface area contributed by atoms with Crippen LogP contribution in [0.15, 0.2) is 6.20 Å². The maximum absolute atomic E-state index is 12.8. The van der Waals surface area contributed by atoms with Crippen molar-refractivity contribution in [2.75, 3.05) is 17.6 Å². The maximum atomic E-state index is 12.8. The lowest BCUT2D eigenvalue weighted by Crippen LogP contribution is -2.06. The van der Waals surface area contributed by atoms with Crippen LogP contribution in [0.2, 0.25) is 0 Å². The molecule has 1 aromatic heterocycles. The number of rotatable bonds is 3. The molecule has 0 aliphatic heterocycles. The van der Waals surface area contributed by atoms with Gasteiger partial charge in [0.25, 0.3) is 0 Å². The molecule has 4 nitrogen and oxygen atoms in total. The lowest BCUT2D eigenvalue weighted by Gasteiger charge is -2.03. The van der Waals surface area contributed by atoms with Crippen molar-refractivity contribution < 1.29 is 4.39 Å². The van der Waals surface area contributed by atoms with Crippen LogP contribution in [0.1, 0.15) is 13.3 Å². The summed E-state index contributed by atoms with van der Waals surface area (Å²) in [5.74, 6) is -0.225. The molecule has 0 unspecified atom stereocenters. The molecule has 0 saturated carbocycles. The molecule has 0 aliphatic rings. The van der Waals surface area contributed by atoms with Crippen molar-refractivity contribution in [2.45, 2.75) is 13.3 Å². The highest BCUT2D eigenvalue weighted by Gasteiger charge is 2.02. The summed E-state index contributed by atoms with van der Waals surface area (Å²) in [7, 11) is 0. The smallest absolute Gasteiger partial charge is 0.222 e. The number of nitrogen functional groups attached to an aromatic ring is 1. The minimum absolute atomic E-state index is 0.0787. The highest BCUT2D eigenvalue weighted by Crippen LogP contribution is 2.09. The van der Waals surface area contributed by atoms with Crippen LogP contribution in [0.25, 0.3) is 0 Å². The molecule has 0 amide bonds. The largest absolute Gasteiger partial charge is 0.368 e. The molecule has 3 N–H and O–H groups in total. The van der Waals surface area contributed by atoms with Crippen molar-refractivity contribution in [1.82, 2.24) is 9.97 Å². The molecule has 0 aliphatic carbocycles. The second-order valence-electron chi connectivity index (χ2n) is 2.35. The third-order valence-electron chi connectivity index (χ3n) is 1.31. The van der Waals surface area contributed by atoms with E-state index in [2.05, 4.69) is 15.3 Å². The Balaban J connectivity index is 2.75. The molecule has 0 fully saturated rings. The predicted octanol–water partition coefficient (Wildman–Crippen LogP) is 1.02. The van der Waals surface area contributed by atoms with E-state index in [1.54, 1.807) is 0 Å². The number of hydrogen-bond acceptors (Lipinski definition) is 4. The molecule has 0 saturated heterocycles. The topological polar surface area (TPSA) is 63.8 Å². The lowest BCUT2D eigenvalue weighted by atomic mass is 10.4. The van der Waals surface area contributed by atoms with Crippen LogP contribution in [-0.4, -0.2) is 16.5 Å². The summed E-state index contributed by atoms with van der Waals surface area (Å²) in [5, 5.41) is 2.80. The number of nitrogens with one attached hydrogen (secondary N) is 1. The molecule has 0 atom stereocenters. The van der Waals surface area contributed by atoms with Crippen molar-refractivity contribution in [2.24, 2.45) is 0 Å². The number of aromatic nitrogens is 2. The zero-order valence-electron chi connectivity index (χ0n) is 6.84. The molecule has 0 spiro atoms. The van der Waals surface area contributed by atoms with E-state index in [0.717, 1.165) is 12.6 Å². The van der Waals surface area contributed by atoms with E-state index < -0.39 is 5.82 Å². The summed E-state index contributed by atoms with van der Waals surface area (Å²) < 4.78 is 12.8. The van der Waals surface area contributed by atoms with Crippen LogP contribution in [-0.2, 0) is 0 Å². The van der Waals surface area contributed by atoms with Crippen LogP contribution in [0.3, 0.4) is 0 Å². The summed E-state index contributed by atoms with van der Waals surface area (Å²) in [6.45, 7) is 2.66. The maximum Gasteiger partial charge on any atom is 0.222 e. The standard InChI is InChI=1S/C7H11FN4/c1-2-3-10-6-5(8)4-11-7(9)12-6/h4H,2-3H2,1H3,(H3,9,10,11,12). The minimum Gasteiger partial charge on any atom is -0.368 e. The molecule has 1 rings (SSSR count). The number of halogens is 1. The van der Waals surface area contributed by atoms with Crippen LogP contribution >= 0.6 is 0 Å². The predicted molar refractivity (Wildman–Crippen MR) is 45.2 cm³/mol. The van der Waals surface area contributed by atoms with Crippen molar-refractivity contribution in [1.29, 1.82) is 0 Å². The fourth-order valence-electron chi connectivity index (χ4n) is 0.748. The lowest BCUT2D eigenvalue weighted by molar-refractivity contribution is 0.617. The van der Waals surface area contributed by atoms with Crippen LogP contribution in [0, 0.1) is 5.82 Å². The first kappa shape index (κ1) is 8.70. The first-order valence-electron chi connectivity index (χ1n) is 3.76. The minimum atomic E-state index is -0.474. The average Bonchev–Trinajstić information content (AvgIpc) is 2.07. The van der Waals surface area contributed by atoms with Gasteiger partial charge in [-0.3, -0.25) is 0 Å². The second-order valence-corrected chi connectivity index (χ2v) is 2.35. The van der Waals surface area contributed by atoms with Gasteiger partial charge in [0.2, 0.25) is 5.95 Å². The molecule has 1 aromatic rings. The Morgan fingerprint density at radius 1 is 1.67 bits per heavy atom. The van der Waals surface area contributed by atoms with E-state index in [1.807, 2.05) is 6.92 Å². The summed E-state index contributed by atoms with van der Waals surface area (Å²) in [6, 6.07) is 0. The van der Waals surface area contributed by atoms with Gasteiger partial charge in [0.1, 0.15) is 0 Å². The van der Waals surface area contributed by atoms with Gasteiger partial charge in [0.15, 0.2) is 11.6 Å². The van der Waals surface area contributed by atoms with Crippen LogP contribution in [0.4, 0.5) is 16.2 Å². The Bertz CT molecular complexity index is 264. The van der Waals surface area contributed by atoms with E-state index in [9.17, 15) is 4.39 Å². The zero-order chi connectivity index (χ0) is 8.97. The van der Waals surface area contributed by atoms with Gasteiger partial charge in [-0.1, -0.05) is 6.92 Å². The third kappa shape index (κ3) is 2.05. The second kappa shape index (κ2) is 3.85. The Hall–Kier alpha value is -1.39. The monoisotopic (exact) mass is 170 g/mol. The fraction of sp³-hybridized carbons (Fsp3) is 0.429. The first-order valence-corrected chi connectivity index (χ1v) is 3.76. The van der Waals surface area contributed by atoms with Gasteiger partial charge in [-0.15, -0.1) is 0 Å². The van der Waals surface area contributed by atoms with E-state index in [-0.39, 0.29) is 11.8 Å². The van der Waals surface area contributed by atoms with E-state index in [4.69, 9.17) is 5.73 Å². The van der Waals surface area contributed by atoms with E-state index >= 15 is 0 Å². The van der Waals surface area contributed by atoms with Crippen molar-refractivity contribution >= 4 is 11.8 Å². The van der Waals surface area contributed by atoms with Gasteiger partial charge in [0, 0.05) is 6.54 Å². The van der Waals surface area contributed by atoms with Crippen molar-refractivity contribution in [3.63, 3.8) is 0 Å². The highest BCUT2D eigenvalue weighted by molar-refractivity contribution is 5.38. The van der Waals surface area contributed by atoms with Gasteiger partial charge in [-0.2, -0.15) is 4.98 Å². The van der Waals surface area contributed by atoms with Crippen LogP contribution < -0.4 is 11.1 Å². The molecule has 1 heterocycles. The van der Waals surface area contributed by atoms with Gasteiger partial charge >= 0.3 is 0 Å². The molecule has 0 bridgehead atoms. The number of hydrogen-bond donors (Lipinski definition) is 2. The Kier molecular flexibility index (Phi) is 2.79. The third-order valence-corrected chi connectivity index (χ3v) is 1.31. The fourth-order valence-corrected chi connectivity index (χ4v) is 0.748. The summed E-state index contributed by atoms with van der Waals surface area (Å²) in [4.78, 5) is 7.19. The van der Waals surface area contributed by atoms with E-state index in [0.29, 0.717) is 6.54 Å². The highest BCUT2D eigenvalue weighted by atomic mass is 19.1. The quantitative estimate of drug-likeness (QED) is 0.710. The Morgan fingerprint density at radius 2 is 2.42 bits per heavy atom. The first-order chi connectivity index (χ1) is 5.74. The molecular weight excluding hydrogens is 159 g/mol. The normalized spacial score (nSPS) is 9.83. The van der Waals surface area contributed by atoms with Gasteiger partial charge in [-0.25, -0.2) is 9.37 Å². The van der Waals surface area contributed by atoms with Gasteiger partial charge in [-0.05, 0) is 6.42 Å². The number of anilines is 2. The Labute approximate surface area is 70.0 Å². The van der Waals surface area contributed by atoms with Gasteiger partial charge in [0.05, 0.1) is 6.20 Å². The molecular formula is C7H11FN4. The number of nitrogens with zero attached hydrogens (tertiary/aromatic N) is 2. The Morgan fingerprint density at radius 3 is 3.08 bits per heavy atom. The van der Waals surface area contributed by atoms with Gasteiger partial charge < -0.3 is 11.1 Å². The SMILES string of the molecule is CCCNc1nc(N)ncc1F. The molecule has 12 heavy (non-hydrogen) atoms. The summed E-state index contributed by atoms with van der Waals surface area (Å²) in [6.07, 6.45) is 1.96. The summed E-state index contributed by atoms with van der Waals surface area (Å²) >= 11 is 0. The average molecular weight is 170 g/mol. The molecule has 0 aromatic carbocycles. The zero-order valence-corrected chi connectivity index (χ0v) is 6.84. The molecule has 66 valence electrons. The molecule has 0 radical (unpaired) electrons.